The van der Waals surface area contributed by atoms with E-state index in [9.17, 15) is 23.1 Å². The lowest BCUT2D eigenvalue weighted by atomic mass is 9.82. The average Bonchev–Trinajstić information content (AvgIpc) is 2.85. The van der Waals surface area contributed by atoms with Crippen molar-refractivity contribution in [3.8, 4) is 0 Å². The van der Waals surface area contributed by atoms with Crippen molar-refractivity contribution in [3.63, 3.8) is 0 Å². The van der Waals surface area contributed by atoms with Crippen LogP contribution in [0.5, 0.6) is 0 Å². The molecule has 9 heteroatoms. The van der Waals surface area contributed by atoms with Crippen LogP contribution in [0.2, 0.25) is 0 Å². The van der Waals surface area contributed by atoms with E-state index >= 15 is 0 Å². The molecule has 1 saturated heterocycles. The lowest BCUT2D eigenvalue weighted by molar-refractivity contribution is -0.192. The fourth-order valence-electron chi connectivity index (χ4n) is 2.20. The van der Waals surface area contributed by atoms with E-state index in [1.54, 1.807) is 0 Å². The van der Waals surface area contributed by atoms with E-state index in [0.717, 1.165) is 13.0 Å². The van der Waals surface area contributed by atoms with Crippen LogP contribution >= 0.6 is 0 Å². The van der Waals surface area contributed by atoms with Crippen molar-refractivity contribution >= 4 is 11.9 Å². The number of hydrogen-bond donors (Lipinski definition) is 3. The Bertz CT molecular complexity index is 396. The summed E-state index contributed by atoms with van der Waals surface area (Å²) in [6, 6.07) is 0.303. The van der Waals surface area contributed by atoms with E-state index in [1.807, 2.05) is 20.8 Å². The minimum absolute atomic E-state index is 0.195. The Balaban J connectivity index is 0.000000585. The molecule has 0 aromatic rings. The number of ether oxygens (including phenoxy) is 1. The molecule has 2 atom stereocenters. The van der Waals surface area contributed by atoms with Crippen LogP contribution in [0.1, 0.15) is 40.0 Å². The summed E-state index contributed by atoms with van der Waals surface area (Å²) < 4.78 is 37.2. The first kappa shape index (κ1) is 21.6. The second-order valence-corrected chi connectivity index (χ2v) is 5.45. The number of halogens is 3. The molecule has 136 valence electrons. The van der Waals surface area contributed by atoms with E-state index in [2.05, 4.69) is 5.32 Å². The van der Waals surface area contributed by atoms with Crippen LogP contribution in [0.3, 0.4) is 0 Å². The molecule has 6 nitrogen and oxygen atoms in total. The first-order valence-electron chi connectivity index (χ1n) is 7.38. The standard InChI is InChI=1S/C12H23NO3.C2HF3O2/c1-4-12(5-2,11(14)15)8-13-10-6-7-16-9(10)3;3-2(4,5)1(6)7/h9-10,13H,4-8H2,1-3H3,(H,14,15);(H,6,7). The van der Waals surface area contributed by atoms with Crippen LogP contribution in [0.25, 0.3) is 0 Å². The average molecular weight is 343 g/mol. The first-order chi connectivity index (χ1) is 10.5. The molecule has 0 bridgehead atoms. The van der Waals surface area contributed by atoms with Crippen LogP contribution in [-0.2, 0) is 14.3 Å². The highest BCUT2D eigenvalue weighted by molar-refractivity contribution is 5.74. The molecule has 1 rings (SSSR count). The maximum atomic E-state index is 11.3. The molecule has 0 spiro atoms. The molecule has 23 heavy (non-hydrogen) atoms. The van der Waals surface area contributed by atoms with E-state index in [0.29, 0.717) is 25.4 Å². The van der Waals surface area contributed by atoms with Crippen LogP contribution in [0.4, 0.5) is 13.2 Å². The van der Waals surface area contributed by atoms with Crippen molar-refractivity contribution in [2.24, 2.45) is 5.41 Å². The molecule has 0 aromatic heterocycles. The Morgan fingerprint density at radius 3 is 1.91 bits per heavy atom. The van der Waals surface area contributed by atoms with E-state index in [-0.39, 0.29) is 6.10 Å². The molecule has 1 fully saturated rings. The molecule has 0 radical (unpaired) electrons. The molecular weight excluding hydrogens is 319 g/mol. The number of carboxylic acid groups (broad SMARTS) is 2. The van der Waals surface area contributed by atoms with Gasteiger partial charge in [0.2, 0.25) is 0 Å². The number of carbonyl (C=O) groups is 2. The molecule has 3 N–H and O–H groups in total. The zero-order valence-electron chi connectivity index (χ0n) is 13.4. The van der Waals surface area contributed by atoms with Crippen LogP contribution in [-0.4, -0.2) is 53.6 Å². The quantitative estimate of drug-likeness (QED) is 0.685. The van der Waals surface area contributed by atoms with E-state index < -0.39 is 23.5 Å². The SMILES string of the molecule is CCC(CC)(CNC1CCOC1C)C(=O)O.O=C(O)C(F)(F)F. The van der Waals surface area contributed by atoms with Gasteiger partial charge in [-0.3, -0.25) is 4.79 Å². The monoisotopic (exact) mass is 343 g/mol. The van der Waals surface area contributed by atoms with Gasteiger partial charge in [-0.1, -0.05) is 13.8 Å². The lowest BCUT2D eigenvalue weighted by Gasteiger charge is -2.29. The van der Waals surface area contributed by atoms with Gasteiger partial charge in [-0.05, 0) is 26.2 Å². The lowest BCUT2D eigenvalue weighted by Crippen LogP contribution is -2.45. The maximum Gasteiger partial charge on any atom is 0.490 e. The molecule has 1 aliphatic rings. The van der Waals surface area contributed by atoms with Crippen molar-refractivity contribution < 1.29 is 37.7 Å². The van der Waals surface area contributed by atoms with Crippen molar-refractivity contribution in [1.29, 1.82) is 0 Å². The Hall–Kier alpha value is -1.35. The van der Waals surface area contributed by atoms with Gasteiger partial charge in [0.05, 0.1) is 11.5 Å². The van der Waals surface area contributed by atoms with Gasteiger partial charge in [-0.2, -0.15) is 13.2 Å². The molecule has 0 aliphatic carbocycles. The summed E-state index contributed by atoms with van der Waals surface area (Å²) in [5.41, 5.74) is -0.623. The minimum Gasteiger partial charge on any atom is -0.481 e. The molecule has 1 heterocycles. The minimum atomic E-state index is -5.08. The summed E-state index contributed by atoms with van der Waals surface area (Å²) in [6.45, 7) is 7.22. The number of carboxylic acids is 2. The fraction of sp³-hybridized carbons (Fsp3) is 0.857. The summed E-state index contributed by atoms with van der Waals surface area (Å²) >= 11 is 0. The van der Waals surface area contributed by atoms with Crippen molar-refractivity contribution in [1.82, 2.24) is 5.32 Å². The molecule has 1 aliphatic heterocycles. The highest BCUT2D eigenvalue weighted by atomic mass is 19.4. The van der Waals surface area contributed by atoms with Crippen LogP contribution in [0, 0.1) is 5.41 Å². The van der Waals surface area contributed by atoms with Gasteiger partial charge in [0.1, 0.15) is 0 Å². The third-order valence-electron chi connectivity index (χ3n) is 4.13. The molecule has 2 unspecified atom stereocenters. The second-order valence-electron chi connectivity index (χ2n) is 5.45. The summed E-state index contributed by atoms with van der Waals surface area (Å²) in [7, 11) is 0. The zero-order valence-corrected chi connectivity index (χ0v) is 13.4. The van der Waals surface area contributed by atoms with Gasteiger partial charge in [0.25, 0.3) is 0 Å². The predicted molar refractivity (Wildman–Crippen MR) is 76.2 cm³/mol. The van der Waals surface area contributed by atoms with Crippen LogP contribution < -0.4 is 5.32 Å². The first-order valence-corrected chi connectivity index (χ1v) is 7.38. The number of alkyl halides is 3. The Labute approximate surface area is 133 Å². The van der Waals surface area contributed by atoms with Crippen molar-refractivity contribution in [2.45, 2.75) is 58.4 Å². The number of hydrogen-bond acceptors (Lipinski definition) is 4. The summed E-state index contributed by atoms with van der Waals surface area (Å²) in [5.74, 6) is -3.45. The third kappa shape index (κ3) is 6.74. The third-order valence-corrected chi connectivity index (χ3v) is 4.13. The Morgan fingerprint density at radius 1 is 1.17 bits per heavy atom. The number of aliphatic carboxylic acids is 2. The fourth-order valence-corrected chi connectivity index (χ4v) is 2.20. The Kier molecular flexibility index (Phi) is 8.54. The Morgan fingerprint density at radius 2 is 1.65 bits per heavy atom. The smallest absolute Gasteiger partial charge is 0.481 e. The predicted octanol–water partition coefficient (Wildman–Crippen LogP) is 2.28. The highest BCUT2D eigenvalue weighted by Gasteiger charge is 2.38. The molecule has 0 saturated carbocycles. The van der Waals surface area contributed by atoms with Gasteiger partial charge in [0.15, 0.2) is 0 Å². The van der Waals surface area contributed by atoms with Gasteiger partial charge in [-0.25, -0.2) is 4.79 Å². The summed E-state index contributed by atoms with van der Waals surface area (Å²) in [4.78, 5) is 20.2. The van der Waals surface area contributed by atoms with Crippen molar-refractivity contribution in [3.05, 3.63) is 0 Å². The van der Waals surface area contributed by atoms with E-state index in [4.69, 9.17) is 14.6 Å². The molecule has 0 aromatic carbocycles. The zero-order chi connectivity index (χ0) is 18.3. The van der Waals surface area contributed by atoms with Gasteiger partial charge in [0, 0.05) is 19.2 Å². The van der Waals surface area contributed by atoms with Crippen molar-refractivity contribution in [2.75, 3.05) is 13.2 Å². The van der Waals surface area contributed by atoms with Gasteiger partial charge in [-0.15, -0.1) is 0 Å². The molecule has 0 amide bonds. The van der Waals surface area contributed by atoms with Gasteiger partial charge < -0.3 is 20.3 Å². The summed E-state index contributed by atoms with van der Waals surface area (Å²) in [5, 5.41) is 19.8. The van der Waals surface area contributed by atoms with Gasteiger partial charge >= 0.3 is 18.1 Å². The van der Waals surface area contributed by atoms with E-state index in [1.165, 1.54) is 0 Å². The summed E-state index contributed by atoms with van der Waals surface area (Å²) in [6.07, 6.45) is -2.59. The molecular formula is C14H24F3NO5. The topological polar surface area (TPSA) is 95.9 Å². The normalized spacial score (nSPS) is 21.5. The van der Waals surface area contributed by atoms with Crippen LogP contribution in [0.15, 0.2) is 0 Å². The largest absolute Gasteiger partial charge is 0.490 e. The maximum absolute atomic E-state index is 11.3. The number of nitrogens with one attached hydrogen (secondary N) is 1. The number of rotatable bonds is 6. The second kappa shape index (κ2) is 9.07. The highest BCUT2D eigenvalue weighted by Crippen LogP contribution is 2.26.